The molecule has 8 heteroatoms. The van der Waals surface area contributed by atoms with E-state index in [4.69, 9.17) is 29.2 Å². The molecule has 0 aliphatic rings. The maximum Gasteiger partial charge on any atom is 0.413 e. The second-order valence-corrected chi connectivity index (χ2v) is 7.52. The number of amides is 1. The van der Waals surface area contributed by atoms with Gasteiger partial charge >= 0.3 is 6.09 Å². The van der Waals surface area contributed by atoms with Crippen molar-refractivity contribution in [3.8, 4) is 0 Å². The van der Waals surface area contributed by atoms with E-state index in [1.54, 1.807) is 36.0 Å². The number of ether oxygens (including phenoxy) is 1. The van der Waals surface area contributed by atoms with Crippen LogP contribution in [0.15, 0.2) is 47.4 Å². The van der Waals surface area contributed by atoms with Gasteiger partial charge in [0.25, 0.3) is 0 Å². The van der Waals surface area contributed by atoms with Crippen LogP contribution in [0.5, 0.6) is 0 Å². The Hall–Kier alpha value is -2.09. The number of nitrogens with one attached hydrogen (secondary N) is 3. The molecule has 0 atom stereocenters. The van der Waals surface area contributed by atoms with Crippen LogP contribution < -0.4 is 10.6 Å². The van der Waals surface area contributed by atoms with E-state index in [0.717, 1.165) is 22.6 Å². The van der Waals surface area contributed by atoms with Gasteiger partial charge in [-0.3, -0.25) is 10.7 Å². The molecule has 27 heavy (non-hydrogen) atoms. The van der Waals surface area contributed by atoms with Crippen molar-refractivity contribution >= 4 is 58.2 Å². The molecular weight excluding hydrogens is 402 g/mol. The van der Waals surface area contributed by atoms with Crippen LogP contribution in [0.25, 0.3) is 0 Å². The van der Waals surface area contributed by atoms with Gasteiger partial charge in [0.2, 0.25) is 0 Å². The normalized spacial score (nSPS) is 10.2. The highest BCUT2D eigenvalue weighted by Gasteiger charge is 2.14. The Kier molecular flexibility index (Phi) is 8.09. The highest BCUT2D eigenvalue weighted by Crippen LogP contribution is 2.27. The number of thioether (sulfide) groups is 1. The number of anilines is 1. The summed E-state index contributed by atoms with van der Waals surface area (Å²) in [6.45, 7) is 2.12. The topological polar surface area (TPSA) is 74.2 Å². The van der Waals surface area contributed by atoms with E-state index in [1.807, 2.05) is 18.2 Å². The SMILES string of the molecule is CCCSc1ccc(C(=N)c2ccc(Cl)cc2)c(NC(=S)NC(=O)OC)c1. The second-order valence-electron chi connectivity index (χ2n) is 5.51. The van der Waals surface area contributed by atoms with E-state index < -0.39 is 6.09 Å². The van der Waals surface area contributed by atoms with Crippen LogP contribution in [0.3, 0.4) is 0 Å². The van der Waals surface area contributed by atoms with Gasteiger partial charge in [-0.1, -0.05) is 30.7 Å². The van der Waals surface area contributed by atoms with Crippen LogP contribution in [-0.2, 0) is 4.74 Å². The molecule has 0 aliphatic heterocycles. The number of methoxy groups -OCH3 is 1. The molecular formula is C19H20ClN3O2S2. The lowest BCUT2D eigenvalue weighted by Crippen LogP contribution is -2.34. The Morgan fingerprint density at radius 2 is 1.96 bits per heavy atom. The zero-order chi connectivity index (χ0) is 19.8. The zero-order valence-corrected chi connectivity index (χ0v) is 17.4. The van der Waals surface area contributed by atoms with E-state index in [2.05, 4.69) is 22.3 Å². The minimum absolute atomic E-state index is 0.102. The van der Waals surface area contributed by atoms with Gasteiger partial charge in [0, 0.05) is 21.0 Å². The summed E-state index contributed by atoms with van der Waals surface area (Å²) in [6, 6.07) is 12.8. The minimum atomic E-state index is -0.654. The largest absolute Gasteiger partial charge is 0.453 e. The van der Waals surface area contributed by atoms with E-state index in [-0.39, 0.29) is 5.11 Å². The van der Waals surface area contributed by atoms with Crippen molar-refractivity contribution in [1.82, 2.24) is 5.32 Å². The standard InChI is InChI=1S/C19H20ClN3O2S2/c1-3-10-27-14-8-9-15(17(21)12-4-6-13(20)7-5-12)16(11-14)22-18(26)23-19(24)25-2/h4-9,11,21H,3,10H2,1-2H3,(H2,22,23,24,26). The fourth-order valence-corrected chi connectivity index (χ4v) is 3.35. The summed E-state index contributed by atoms with van der Waals surface area (Å²) in [4.78, 5) is 12.4. The first-order valence-electron chi connectivity index (χ1n) is 8.22. The monoisotopic (exact) mass is 421 g/mol. The Morgan fingerprint density at radius 1 is 1.26 bits per heavy atom. The lowest BCUT2D eigenvalue weighted by atomic mass is 10.0. The number of hydrogen-bond donors (Lipinski definition) is 3. The molecule has 2 rings (SSSR count). The maximum absolute atomic E-state index is 11.4. The van der Waals surface area contributed by atoms with E-state index in [0.29, 0.717) is 22.0 Å². The van der Waals surface area contributed by atoms with Crippen molar-refractivity contribution in [2.75, 3.05) is 18.2 Å². The quantitative estimate of drug-likeness (QED) is 0.335. The first-order chi connectivity index (χ1) is 12.9. The molecule has 0 fully saturated rings. The van der Waals surface area contributed by atoms with Crippen LogP contribution in [-0.4, -0.2) is 29.8 Å². The summed E-state index contributed by atoms with van der Waals surface area (Å²) in [5, 5.41) is 14.7. The third-order valence-electron chi connectivity index (χ3n) is 3.52. The first-order valence-corrected chi connectivity index (χ1v) is 9.99. The summed E-state index contributed by atoms with van der Waals surface area (Å²) in [7, 11) is 1.27. The molecule has 0 aromatic heterocycles. The molecule has 0 saturated carbocycles. The predicted molar refractivity (Wildman–Crippen MR) is 117 cm³/mol. The van der Waals surface area contributed by atoms with E-state index >= 15 is 0 Å². The molecule has 0 unspecified atom stereocenters. The van der Waals surface area contributed by atoms with Crippen molar-refractivity contribution < 1.29 is 9.53 Å². The lowest BCUT2D eigenvalue weighted by molar-refractivity contribution is 0.177. The predicted octanol–water partition coefficient (Wildman–Crippen LogP) is 5.31. The van der Waals surface area contributed by atoms with Crippen LogP contribution in [0, 0.1) is 5.41 Å². The van der Waals surface area contributed by atoms with Crippen LogP contribution in [0.4, 0.5) is 10.5 Å². The third-order valence-corrected chi connectivity index (χ3v) is 5.17. The number of carbonyl (C=O) groups excluding carboxylic acids is 1. The van der Waals surface area contributed by atoms with Gasteiger partial charge in [0.05, 0.1) is 18.5 Å². The van der Waals surface area contributed by atoms with E-state index in [9.17, 15) is 4.79 Å². The van der Waals surface area contributed by atoms with E-state index in [1.165, 1.54) is 7.11 Å². The van der Waals surface area contributed by atoms with Gasteiger partial charge in [0.15, 0.2) is 5.11 Å². The molecule has 0 bridgehead atoms. The van der Waals surface area contributed by atoms with Crippen molar-refractivity contribution in [2.24, 2.45) is 0 Å². The van der Waals surface area contributed by atoms with Gasteiger partial charge < -0.3 is 10.1 Å². The van der Waals surface area contributed by atoms with Gasteiger partial charge in [-0.15, -0.1) is 11.8 Å². The molecule has 0 heterocycles. The second kappa shape index (κ2) is 10.3. The molecule has 0 spiro atoms. The number of benzene rings is 2. The van der Waals surface area contributed by atoms with Gasteiger partial charge in [-0.25, -0.2) is 4.79 Å². The zero-order valence-electron chi connectivity index (χ0n) is 15.0. The molecule has 142 valence electrons. The summed E-state index contributed by atoms with van der Waals surface area (Å²) in [6.07, 6.45) is 0.399. The number of thiocarbonyl (C=S) groups is 1. The third kappa shape index (κ3) is 6.23. The maximum atomic E-state index is 11.4. The molecule has 0 aliphatic carbocycles. The molecule has 0 saturated heterocycles. The summed E-state index contributed by atoms with van der Waals surface area (Å²) >= 11 is 12.8. The average Bonchev–Trinajstić information content (AvgIpc) is 2.66. The first kappa shape index (κ1) is 21.2. The number of halogens is 1. The number of hydrogen-bond acceptors (Lipinski definition) is 5. The molecule has 2 aromatic rings. The lowest BCUT2D eigenvalue weighted by Gasteiger charge is -2.15. The molecule has 1 amide bonds. The van der Waals surface area contributed by atoms with Crippen LogP contribution >= 0.6 is 35.6 Å². The fourth-order valence-electron chi connectivity index (χ4n) is 2.22. The number of alkyl carbamates (subject to hydrolysis) is 1. The smallest absolute Gasteiger partial charge is 0.413 e. The van der Waals surface area contributed by atoms with Crippen LogP contribution in [0.2, 0.25) is 5.02 Å². The molecule has 3 N–H and O–H groups in total. The summed E-state index contributed by atoms with van der Waals surface area (Å²) in [5.41, 5.74) is 2.34. The number of rotatable bonds is 6. The van der Waals surface area contributed by atoms with Crippen molar-refractivity contribution in [2.45, 2.75) is 18.2 Å². The summed E-state index contributed by atoms with van der Waals surface area (Å²) in [5.74, 6) is 0.984. The van der Waals surface area contributed by atoms with Crippen molar-refractivity contribution in [3.05, 3.63) is 58.6 Å². The Labute approximate surface area is 173 Å². The minimum Gasteiger partial charge on any atom is -0.453 e. The van der Waals surface area contributed by atoms with Crippen LogP contribution in [0.1, 0.15) is 24.5 Å². The Bertz CT molecular complexity index is 841. The highest BCUT2D eigenvalue weighted by atomic mass is 35.5. The Balaban J connectivity index is 2.33. The van der Waals surface area contributed by atoms with Crippen molar-refractivity contribution in [3.63, 3.8) is 0 Å². The van der Waals surface area contributed by atoms with Gasteiger partial charge in [-0.05, 0) is 54.7 Å². The average molecular weight is 422 g/mol. The number of carbonyl (C=O) groups is 1. The molecule has 2 aromatic carbocycles. The molecule has 5 nitrogen and oxygen atoms in total. The van der Waals surface area contributed by atoms with Gasteiger partial charge in [-0.2, -0.15) is 0 Å². The molecule has 0 radical (unpaired) electrons. The Morgan fingerprint density at radius 3 is 2.59 bits per heavy atom. The summed E-state index contributed by atoms with van der Waals surface area (Å²) < 4.78 is 4.56. The van der Waals surface area contributed by atoms with Gasteiger partial charge in [0.1, 0.15) is 0 Å². The fraction of sp³-hybridized carbons (Fsp3) is 0.211. The highest BCUT2D eigenvalue weighted by molar-refractivity contribution is 7.99. The van der Waals surface area contributed by atoms with Crippen molar-refractivity contribution in [1.29, 1.82) is 5.41 Å².